The molecule has 1 amide bonds. The summed E-state index contributed by atoms with van der Waals surface area (Å²) in [5, 5.41) is 10.3. The van der Waals surface area contributed by atoms with Gasteiger partial charge in [0.2, 0.25) is 0 Å². The fourth-order valence-corrected chi connectivity index (χ4v) is 4.39. The molecule has 2 heterocycles. The topological polar surface area (TPSA) is 85.8 Å². The van der Waals surface area contributed by atoms with Gasteiger partial charge in [-0.05, 0) is 24.1 Å². The third kappa shape index (κ3) is 4.77. The van der Waals surface area contributed by atoms with Crippen molar-refractivity contribution in [3.8, 4) is 11.3 Å². The standard InChI is InChI=1S/C18H16Cl2F3N5OS/c1-28-14(15(19)26-27-28)11-7-13(30-16(11)20)17(29)25-10(8-24)6-9-4-2-3-5-12(9)18(21,22)23/h2-5,7,10H,6,8,24H2,1H3,(H,25,29)/t10-/m0/s1. The third-order valence-electron chi connectivity index (χ3n) is 4.36. The molecule has 0 fully saturated rings. The van der Waals surface area contributed by atoms with Gasteiger partial charge in [0, 0.05) is 25.2 Å². The first-order chi connectivity index (χ1) is 14.1. The van der Waals surface area contributed by atoms with Crippen molar-refractivity contribution in [1.29, 1.82) is 0 Å². The highest BCUT2D eigenvalue weighted by Crippen LogP contribution is 2.38. The summed E-state index contributed by atoms with van der Waals surface area (Å²) >= 11 is 13.3. The van der Waals surface area contributed by atoms with Crippen molar-refractivity contribution in [2.24, 2.45) is 12.8 Å². The van der Waals surface area contributed by atoms with Crippen molar-refractivity contribution in [2.45, 2.75) is 18.6 Å². The van der Waals surface area contributed by atoms with Gasteiger partial charge in [0.15, 0.2) is 5.15 Å². The zero-order valence-corrected chi connectivity index (χ0v) is 17.8. The number of aryl methyl sites for hydroxylation is 1. The molecule has 6 nitrogen and oxygen atoms in total. The highest BCUT2D eigenvalue weighted by molar-refractivity contribution is 7.18. The number of hydrogen-bond donors (Lipinski definition) is 2. The van der Waals surface area contributed by atoms with Gasteiger partial charge in [-0.15, -0.1) is 16.4 Å². The van der Waals surface area contributed by atoms with Crippen LogP contribution in [-0.2, 0) is 19.6 Å². The van der Waals surface area contributed by atoms with Gasteiger partial charge in [0.25, 0.3) is 5.91 Å². The Morgan fingerprint density at radius 1 is 1.33 bits per heavy atom. The molecule has 0 saturated heterocycles. The van der Waals surface area contributed by atoms with E-state index < -0.39 is 23.7 Å². The van der Waals surface area contributed by atoms with Gasteiger partial charge in [0.1, 0.15) is 10.0 Å². The maximum Gasteiger partial charge on any atom is 0.416 e. The summed E-state index contributed by atoms with van der Waals surface area (Å²) in [6.07, 6.45) is -4.56. The number of nitrogens with two attached hydrogens (primary N) is 1. The van der Waals surface area contributed by atoms with Gasteiger partial charge in [-0.25, -0.2) is 4.68 Å². The van der Waals surface area contributed by atoms with E-state index in [2.05, 4.69) is 15.6 Å². The number of amides is 1. The molecule has 3 rings (SSSR count). The summed E-state index contributed by atoms with van der Waals surface area (Å²) in [7, 11) is 1.63. The van der Waals surface area contributed by atoms with Crippen LogP contribution in [0.15, 0.2) is 30.3 Å². The Morgan fingerprint density at radius 2 is 2.03 bits per heavy atom. The van der Waals surface area contributed by atoms with Gasteiger partial charge >= 0.3 is 6.18 Å². The molecule has 30 heavy (non-hydrogen) atoms. The van der Waals surface area contributed by atoms with E-state index in [-0.39, 0.29) is 28.6 Å². The van der Waals surface area contributed by atoms with Crippen LogP contribution >= 0.6 is 34.5 Å². The lowest BCUT2D eigenvalue weighted by atomic mass is 9.99. The zero-order valence-electron chi connectivity index (χ0n) is 15.5. The monoisotopic (exact) mass is 477 g/mol. The number of carbonyl (C=O) groups excluding carboxylic acids is 1. The average molecular weight is 478 g/mol. The predicted molar refractivity (Wildman–Crippen MR) is 110 cm³/mol. The van der Waals surface area contributed by atoms with E-state index in [4.69, 9.17) is 28.9 Å². The van der Waals surface area contributed by atoms with E-state index in [1.807, 2.05) is 0 Å². The Kier molecular flexibility index (Phi) is 6.71. The molecule has 1 aromatic carbocycles. The minimum Gasteiger partial charge on any atom is -0.347 e. The van der Waals surface area contributed by atoms with Gasteiger partial charge in [0.05, 0.1) is 10.4 Å². The Bertz CT molecular complexity index is 1050. The highest BCUT2D eigenvalue weighted by Gasteiger charge is 2.33. The van der Waals surface area contributed by atoms with Crippen molar-refractivity contribution in [2.75, 3.05) is 6.54 Å². The first kappa shape index (κ1) is 22.5. The average Bonchev–Trinajstić information content (AvgIpc) is 3.22. The molecule has 0 saturated carbocycles. The fourth-order valence-electron chi connectivity index (χ4n) is 2.95. The van der Waals surface area contributed by atoms with Gasteiger partial charge in [-0.1, -0.05) is 46.6 Å². The van der Waals surface area contributed by atoms with Crippen LogP contribution in [0.2, 0.25) is 9.49 Å². The summed E-state index contributed by atoms with van der Waals surface area (Å²) in [6.45, 7) is -0.0403. The van der Waals surface area contributed by atoms with E-state index in [0.29, 0.717) is 15.6 Å². The lowest BCUT2D eigenvalue weighted by Gasteiger charge is -2.19. The minimum atomic E-state index is -4.49. The van der Waals surface area contributed by atoms with Crippen molar-refractivity contribution in [3.05, 3.63) is 55.8 Å². The number of halogens is 5. The van der Waals surface area contributed by atoms with Gasteiger partial charge in [-0.2, -0.15) is 13.2 Å². The number of alkyl halides is 3. The predicted octanol–water partition coefficient (Wildman–Crippen LogP) is 4.17. The molecule has 160 valence electrons. The number of thiophene rings is 1. The first-order valence-corrected chi connectivity index (χ1v) is 10.2. The van der Waals surface area contributed by atoms with Crippen LogP contribution in [0.5, 0.6) is 0 Å². The molecule has 0 radical (unpaired) electrons. The Labute approximate surface area is 183 Å². The van der Waals surface area contributed by atoms with E-state index in [0.717, 1.165) is 17.4 Å². The number of hydrogen-bond acceptors (Lipinski definition) is 5. The molecular weight excluding hydrogens is 462 g/mol. The Morgan fingerprint density at radius 3 is 2.63 bits per heavy atom. The molecule has 12 heteroatoms. The molecule has 2 aromatic heterocycles. The van der Waals surface area contributed by atoms with Crippen molar-refractivity contribution in [3.63, 3.8) is 0 Å². The number of benzene rings is 1. The lowest BCUT2D eigenvalue weighted by molar-refractivity contribution is -0.138. The number of nitrogens with one attached hydrogen (secondary N) is 1. The van der Waals surface area contributed by atoms with Crippen LogP contribution in [0, 0.1) is 0 Å². The fraction of sp³-hybridized carbons (Fsp3) is 0.278. The summed E-state index contributed by atoms with van der Waals surface area (Å²) in [5.74, 6) is -0.501. The maximum atomic E-state index is 13.2. The summed E-state index contributed by atoms with van der Waals surface area (Å²) < 4.78 is 41.4. The first-order valence-electron chi connectivity index (χ1n) is 8.62. The number of rotatable bonds is 6. The maximum absolute atomic E-state index is 13.2. The van der Waals surface area contributed by atoms with Crippen molar-refractivity contribution >= 4 is 40.4 Å². The van der Waals surface area contributed by atoms with Gasteiger partial charge in [-0.3, -0.25) is 4.79 Å². The smallest absolute Gasteiger partial charge is 0.347 e. The normalized spacial score (nSPS) is 12.8. The molecule has 0 aliphatic rings. The molecule has 0 spiro atoms. The molecule has 1 atom stereocenters. The Hall–Kier alpha value is -2.14. The molecule has 0 aliphatic heterocycles. The van der Waals surface area contributed by atoms with Crippen molar-refractivity contribution < 1.29 is 18.0 Å². The number of carbonyl (C=O) groups is 1. The van der Waals surface area contributed by atoms with Crippen LogP contribution in [0.25, 0.3) is 11.3 Å². The zero-order chi connectivity index (χ0) is 22.1. The SMILES string of the molecule is Cn1nnc(Cl)c1-c1cc(C(=O)N[C@H](CN)Cc2ccccc2C(F)(F)F)sc1Cl. The quantitative estimate of drug-likeness (QED) is 0.557. The summed E-state index contributed by atoms with van der Waals surface area (Å²) in [4.78, 5) is 12.9. The molecular formula is C18H16Cl2F3N5OS. The van der Waals surface area contributed by atoms with Crippen LogP contribution in [-0.4, -0.2) is 33.5 Å². The largest absolute Gasteiger partial charge is 0.416 e. The molecule has 0 aliphatic carbocycles. The van der Waals surface area contributed by atoms with Crippen molar-refractivity contribution in [1.82, 2.24) is 20.3 Å². The molecule has 0 bridgehead atoms. The molecule has 0 unspecified atom stereocenters. The van der Waals surface area contributed by atoms with E-state index in [9.17, 15) is 18.0 Å². The minimum absolute atomic E-state index is 0.0403. The lowest BCUT2D eigenvalue weighted by Crippen LogP contribution is -2.41. The second kappa shape index (κ2) is 8.93. The summed E-state index contributed by atoms with van der Waals surface area (Å²) in [6, 6.07) is 6.03. The number of nitrogens with zero attached hydrogens (tertiary/aromatic N) is 3. The van der Waals surface area contributed by atoms with Gasteiger partial charge < -0.3 is 11.1 Å². The van der Waals surface area contributed by atoms with E-state index >= 15 is 0 Å². The Balaban J connectivity index is 1.80. The second-order valence-electron chi connectivity index (χ2n) is 6.42. The third-order valence-corrected chi connectivity index (χ3v) is 5.97. The summed E-state index contributed by atoms with van der Waals surface area (Å²) in [5.41, 5.74) is 5.94. The number of aromatic nitrogens is 3. The van der Waals surface area contributed by atoms with Crippen LogP contribution < -0.4 is 11.1 Å². The van der Waals surface area contributed by atoms with E-state index in [1.54, 1.807) is 7.05 Å². The van der Waals surface area contributed by atoms with E-state index in [1.165, 1.54) is 28.9 Å². The molecule has 3 aromatic rings. The van der Waals surface area contributed by atoms with Crippen LogP contribution in [0.4, 0.5) is 13.2 Å². The highest BCUT2D eigenvalue weighted by atomic mass is 35.5. The molecule has 3 N–H and O–H groups in total. The van der Waals surface area contributed by atoms with Crippen LogP contribution in [0.1, 0.15) is 20.8 Å². The van der Waals surface area contributed by atoms with Crippen LogP contribution in [0.3, 0.4) is 0 Å². The second-order valence-corrected chi connectivity index (χ2v) is 8.43.